The van der Waals surface area contributed by atoms with Gasteiger partial charge in [0.15, 0.2) is 0 Å². The van der Waals surface area contributed by atoms with Gasteiger partial charge in [-0.3, -0.25) is 14.2 Å². The normalized spacial score (nSPS) is 13.8. The maximum atomic E-state index is 13.6. The molecule has 2 aromatic heterocycles. The van der Waals surface area contributed by atoms with E-state index in [9.17, 15) is 9.59 Å². The smallest absolute Gasteiger partial charge is 0.261 e. The maximum Gasteiger partial charge on any atom is 0.261 e. The van der Waals surface area contributed by atoms with Crippen LogP contribution in [0, 0.1) is 11.3 Å². The Labute approximate surface area is 190 Å². The monoisotopic (exact) mass is 437 g/mol. The van der Waals surface area contributed by atoms with Crippen molar-refractivity contribution in [2.24, 2.45) is 18.4 Å². The summed E-state index contributed by atoms with van der Waals surface area (Å²) in [7, 11) is 1.73. The molecule has 0 fully saturated rings. The molecule has 0 aliphatic rings. The van der Waals surface area contributed by atoms with Crippen molar-refractivity contribution in [1.29, 1.82) is 0 Å². The van der Waals surface area contributed by atoms with Crippen LogP contribution in [0.4, 0.5) is 0 Å². The molecular weight excluding hydrogens is 402 g/mol. The minimum atomic E-state index is -0.336. The first kappa shape index (κ1) is 23.8. The summed E-state index contributed by atoms with van der Waals surface area (Å²) < 4.78 is 7.15. The summed E-state index contributed by atoms with van der Waals surface area (Å²) >= 11 is 0. The maximum absolute atomic E-state index is 13.6. The van der Waals surface area contributed by atoms with Crippen molar-refractivity contribution >= 4 is 16.8 Å². The predicted octanol–water partition coefficient (Wildman–Crippen LogP) is 5.47. The molecule has 1 aromatic carbocycles. The molecule has 0 saturated carbocycles. The number of para-hydroxylation sites is 1. The first-order valence-electron chi connectivity index (χ1n) is 11.4. The Kier molecular flexibility index (Phi) is 7.22. The number of fused-ring (bicyclic) bond motifs is 1. The molecule has 2 heterocycles. The van der Waals surface area contributed by atoms with Crippen LogP contribution in [-0.4, -0.2) is 20.4 Å². The molecule has 0 aliphatic heterocycles. The van der Waals surface area contributed by atoms with Gasteiger partial charge in [-0.05, 0) is 48.4 Å². The summed E-state index contributed by atoms with van der Waals surface area (Å²) in [5, 5.41) is 0.580. The van der Waals surface area contributed by atoms with E-state index in [0.29, 0.717) is 41.9 Å². The van der Waals surface area contributed by atoms with Crippen molar-refractivity contribution in [3.8, 4) is 0 Å². The van der Waals surface area contributed by atoms with Gasteiger partial charge < -0.3 is 9.32 Å². The van der Waals surface area contributed by atoms with E-state index in [4.69, 9.17) is 9.40 Å². The fourth-order valence-electron chi connectivity index (χ4n) is 4.55. The van der Waals surface area contributed by atoms with Gasteiger partial charge in [0, 0.05) is 13.5 Å². The highest BCUT2D eigenvalue weighted by Crippen LogP contribution is 2.30. The number of carbonyl (C=O) groups is 1. The molecule has 0 saturated heterocycles. The zero-order chi connectivity index (χ0) is 23.5. The molecule has 2 atom stereocenters. The van der Waals surface area contributed by atoms with Crippen molar-refractivity contribution in [1.82, 2.24) is 14.5 Å². The largest absolute Gasteiger partial charge is 0.467 e. The van der Waals surface area contributed by atoms with Crippen LogP contribution in [0.15, 0.2) is 51.9 Å². The zero-order valence-corrected chi connectivity index (χ0v) is 20.1. The van der Waals surface area contributed by atoms with Crippen LogP contribution in [0.25, 0.3) is 10.9 Å². The molecule has 0 spiro atoms. The Hall–Kier alpha value is -2.89. The molecule has 6 nitrogen and oxygen atoms in total. The molecule has 0 radical (unpaired) electrons. The molecule has 0 N–H and O–H groups in total. The summed E-state index contributed by atoms with van der Waals surface area (Å²) in [5.41, 5.74) is 0.700. The van der Waals surface area contributed by atoms with Crippen LogP contribution < -0.4 is 5.56 Å². The van der Waals surface area contributed by atoms with Gasteiger partial charge in [0.2, 0.25) is 5.91 Å². The minimum Gasteiger partial charge on any atom is -0.467 e. The lowest BCUT2D eigenvalue weighted by Gasteiger charge is -2.33. The highest BCUT2D eigenvalue weighted by molar-refractivity contribution is 5.78. The quantitative estimate of drug-likeness (QED) is 0.469. The SMILES string of the molecule is CCC(c1nc2ccccc2c(=O)n1C)N(Cc1ccco1)C(=O)CC(C)CC(C)(C)C. The fourth-order valence-corrected chi connectivity index (χ4v) is 4.55. The lowest BCUT2D eigenvalue weighted by atomic mass is 9.84. The summed E-state index contributed by atoms with van der Waals surface area (Å²) in [5.74, 6) is 1.60. The predicted molar refractivity (Wildman–Crippen MR) is 127 cm³/mol. The highest BCUT2D eigenvalue weighted by atomic mass is 16.3. The molecule has 0 bridgehead atoms. The van der Waals surface area contributed by atoms with Crippen LogP contribution >= 0.6 is 0 Å². The topological polar surface area (TPSA) is 68.3 Å². The van der Waals surface area contributed by atoms with Gasteiger partial charge >= 0.3 is 0 Å². The van der Waals surface area contributed by atoms with E-state index >= 15 is 0 Å². The van der Waals surface area contributed by atoms with E-state index in [1.54, 1.807) is 23.9 Å². The third-order valence-electron chi connectivity index (χ3n) is 5.79. The second-order valence-corrected chi connectivity index (χ2v) is 9.95. The van der Waals surface area contributed by atoms with Gasteiger partial charge in [-0.15, -0.1) is 0 Å². The van der Waals surface area contributed by atoms with Crippen LogP contribution in [-0.2, 0) is 18.4 Å². The van der Waals surface area contributed by atoms with Crippen LogP contribution in [0.2, 0.25) is 0 Å². The van der Waals surface area contributed by atoms with Crippen molar-refractivity contribution < 1.29 is 9.21 Å². The second kappa shape index (κ2) is 9.72. The van der Waals surface area contributed by atoms with Gasteiger partial charge in [-0.1, -0.05) is 46.8 Å². The average Bonchev–Trinajstić information content (AvgIpc) is 3.23. The van der Waals surface area contributed by atoms with Gasteiger partial charge in [0.05, 0.1) is 29.8 Å². The molecule has 0 aliphatic carbocycles. The van der Waals surface area contributed by atoms with Gasteiger partial charge in [-0.25, -0.2) is 4.98 Å². The summed E-state index contributed by atoms with van der Waals surface area (Å²) in [4.78, 5) is 33.2. The molecule has 2 unspecified atom stereocenters. The average molecular weight is 438 g/mol. The number of furan rings is 1. The molecule has 6 heteroatoms. The number of hydrogen-bond acceptors (Lipinski definition) is 4. The first-order valence-corrected chi connectivity index (χ1v) is 11.4. The highest BCUT2D eigenvalue weighted by Gasteiger charge is 2.30. The molecule has 1 amide bonds. The van der Waals surface area contributed by atoms with E-state index in [1.165, 1.54) is 0 Å². The second-order valence-electron chi connectivity index (χ2n) is 9.95. The van der Waals surface area contributed by atoms with Crippen LogP contribution in [0.1, 0.15) is 71.5 Å². The van der Waals surface area contributed by atoms with Crippen molar-refractivity contribution in [3.63, 3.8) is 0 Å². The van der Waals surface area contributed by atoms with Gasteiger partial charge in [0.1, 0.15) is 11.6 Å². The van der Waals surface area contributed by atoms with Crippen molar-refractivity contribution in [2.75, 3.05) is 0 Å². The Balaban J connectivity index is 2.00. The zero-order valence-electron chi connectivity index (χ0n) is 20.1. The van der Waals surface area contributed by atoms with Crippen molar-refractivity contribution in [3.05, 3.63) is 64.6 Å². The summed E-state index contributed by atoms with van der Waals surface area (Å²) in [6.45, 7) is 11.1. The Bertz CT molecular complexity index is 1110. The number of nitrogens with zero attached hydrogens (tertiary/aromatic N) is 3. The van der Waals surface area contributed by atoms with E-state index in [2.05, 4.69) is 27.7 Å². The fraction of sp³-hybridized carbons (Fsp3) is 0.500. The number of carbonyl (C=O) groups excluding carboxylic acids is 1. The molecule has 32 heavy (non-hydrogen) atoms. The number of hydrogen-bond donors (Lipinski definition) is 0. The third-order valence-corrected chi connectivity index (χ3v) is 5.79. The first-order chi connectivity index (χ1) is 15.1. The molecule has 3 rings (SSSR count). The number of aromatic nitrogens is 2. The lowest BCUT2D eigenvalue weighted by molar-refractivity contribution is -0.136. The summed E-state index contributed by atoms with van der Waals surface area (Å²) in [6, 6.07) is 10.7. The van der Waals surface area contributed by atoms with Crippen molar-refractivity contribution in [2.45, 2.75) is 66.5 Å². The Morgan fingerprint density at radius 3 is 2.53 bits per heavy atom. The molecular formula is C26H35N3O3. The lowest BCUT2D eigenvalue weighted by Crippen LogP contribution is -2.38. The standard InChI is InChI=1S/C26H35N3O3/c1-7-22(24-27-21-13-9-8-12-20(21)25(31)28(24)6)29(17-19-11-10-14-32-19)23(30)15-18(2)16-26(3,4)5/h8-14,18,22H,7,15-17H2,1-6H3. The molecule has 172 valence electrons. The van der Waals surface area contributed by atoms with Crippen LogP contribution in [0.3, 0.4) is 0 Å². The van der Waals surface area contributed by atoms with Gasteiger partial charge in [0.25, 0.3) is 5.56 Å². The number of benzene rings is 1. The number of amides is 1. The van der Waals surface area contributed by atoms with E-state index < -0.39 is 0 Å². The van der Waals surface area contributed by atoms with E-state index in [1.807, 2.05) is 42.2 Å². The Morgan fingerprint density at radius 2 is 1.91 bits per heavy atom. The van der Waals surface area contributed by atoms with Crippen LogP contribution in [0.5, 0.6) is 0 Å². The third kappa shape index (κ3) is 5.47. The van der Waals surface area contributed by atoms with E-state index in [-0.39, 0.29) is 28.8 Å². The summed E-state index contributed by atoms with van der Waals surface area (Å²) in [6.07, 6.45) is 3.65. The minimum absolute atomic E-state index is 0.0485. The Morgan fingerprint density at radius 1 is 1.19 bits per heavy atom. The number of rotatable bonds is 8. The molecule has 3 aromatic rings. The van der Waals surface area contributed by atoms with E-state index in [0.717, 1.165) is 6.42 Å². The van der Waals surface area contributed by atoms with Gasteiger partial charge in [-0.2, -0.15) is 0 Å².